The molecule has 4 N–H and O–H groups in total. The quantitative estimate of drug-likeness (QED) is 0.533. The average molecular weight is 313 g/mol. The van der Waals surface area contributed by atoms with Crippen molar-refractivity contribution in [3.63, 3.8) is 0 Å². The highest BCUT2D eigenvalue weighted by atomic mass is 31.0. The fourth-order valence-electron chi connectivity index (χ4n) is 2.52. The van der Waals surface area contributed by atoms with Gasteiger partial charge in [0.2, 0.25) is 0 Å². The number of aliphatic hydroxyl groups is 3. The van der Waals surface area contributed by atoms with E-state index >= 15 is 0 Å². The number of aromatic nitrogens is 4. The first kappa shape index (κ1) is 14.6. The van der Waals surface area contributed by atoms with Crippen molar-refractivity contribution in [3.05, 3.63) is 12.7 Å². The van der Waals surface area contributed by atoms with Gasteiger partial charge in [-0.3, -0.25) is 4.57 Å². The van der Waals surface area contributed by atoms with Crippen LogP contribution in [-0.2, 0) is 4.74 Å². The van der Waals surface area contributed by atoms with E-state index in [1.165, 1.54) is 24.1 Å². The van der Waals surface area contributed by atoms with E-state index in [9.17, 15) is 15.3 Å². The van der Waals surface area contributed by atoms with Crippen LogP contribution in [0.25, 0.3) is 11.2 Å². The van der Waals surface area contributed by atoms with Crippen LogP contribution >= 0.6 is 9.39 Å². The van der Waals surface area contributed by atoms with Gasteiger partial charge in [0.25, 0.3) is 0 Å². The normalized spacial score (nSPS) is 32.7. The first-order chi connectivity index (χ1) is 10.0. The average Bonchev–Trinajstić information content (AvgIpc) is 2.99. The number of nitrogens with zero attached hydrogens (tertiary/aromatic N) is 4. The lowest BCUT2D eigenvalue weighted by molar-refractivity contribution is -0.0950. The highest BCUT2D eigenvalue weighted by Crippen LogP contribution is 2.39. The maximum atomic E-state index is 10.5. The molecule has 1 fully saturated rings. The zero-order valence-electron chi connectivity index (χ0n) is 11.2. The zero-order valence-corrected chi connectivity index (χ0v) is 12.4. The summed E-state index contributed by atoms with van der Waals surface area (Å²) in [5, 5.41) is 32.6. The van der Waals surface area contributed by atoms with E-state index in [4.69, 9.17) is 4.74 Å². The minimum atomic E-state index is -1.58. The summed E-state index contributed by atoms with van der Waals surface area (Å²) in [6.07, 6.45) is -0.191. The molecule has 3 rings (SSSR count). The molecule has 0 aliphatic carbocycles. The van der Waals surface area contributed by atoms with Gasteiger partial charge in [-0.1, -0.05) is 0 Å². The molecule has 1 aliphatic heterocycles. The second-order valence-electron chi connectivity index (χ2n) is 5.07. The zero-order chi connectivity index (χ0) is 15.2. The summed E-state index contributed by atoms with van der Waals surface area (Å²) in [4.78, 5) is 12.4. The van der Waals surface area contributed by atoms with E-state index in [2.05, 4.69) is 29.4 Å². The highest BCUT2D eigenvalue weighted by molar-refractivity contribution is 7.18. The number of anilines is 1. The second-order valence-corrected chi connectivity index (χ2v) is 5.36. The molecular weight excluding hydrogens is 297 g/mol. The van der Waals surface area contributed by atoms with Gasteiger partial charge in [0, 0.05) is 0 Å². The Morgan fingerprint density at radius 1 is 1.48 bits per heavy atom. The number of rotatable bonds is 3. The Bertz CT molecular complexity index is 663. The third-order valence-electron chi connectivity index (χ3n) is 3.68. The van der Waals surface area contributed by atoms with Crippen LogP contribution in [-0.4, -0.2) is 59.3 Å². The van der Waals surface area contributed by atoms with Gasteiger partial charge in [-0.15, -0.1) is 0 Å². The van der Waals surface area contributed by atoms with E-state index < -0.39 is 30.6 Å². The van der Waals surface area contributed by atoms with Crippen LogP contribution in [0.1, 0.15) is 13.2 Å². The van der Waals surface area contributed by atoms with E-state index in [1.54, 1.807) is 0 Å². The van der Waals surface area contributed by atoms with Crippen LogP contribution in [0.15, 0.2) is 12.7 Å². The van der Waals surface area contributed by atoms with Crippen LogP contribution in [0.4, 0.5) is 5.82 Å². The van der Waals surface area contributed by atoms with Gasteiger partial charge in [0.05, 0.1) is 12.9 Å². The van der Waals surface area contributed by atoms with E-state index in [0.717, 1.165) is 0 Å². The molecule has 0 spiro atoms. The molecule has 0 amide bonds. The standard InChI is InChI=1S/C11H16N5O4P/c1-11(19)7(18)5(2-17)20-10(11)16-4-14-6-8(15-21)12-3-13-9(6)16/h3-5,7,10,17-19H,2,21H2,1H3,(H,12,13,15)/t5-,7-,10-,11-/m1/s1. The summed E-state index contributed by atoms with van der Waals surface area (Å²) >= 11 is 0. The molecule has 2 aromatic rings. The fraction of sp³-hybridized carbons (Fsp3) is 0.545. The Balaban J connectivity index is 2.09. The van der Waals surface area contributed by atoms with Crippen molar-refractivity contribution in [1.82, 2.24) is 19.5 Å². The van der Waals surface area contributed by atoms with Crippen molar-refractivity contribution in [2.45, 2.75) is 31.0 Å². The maximum Gasteiger partial charge on any atom is 0.168 e. The number of ether oxygens (including phenoxy) is 1. The lowest BCUT2D eigenvalue weighted by atomic mass is 9.96. The van der Waals surface area contributed by atoms with Crippen molar-refractivity contribution in [2.75, 3.05) is 11.7 Å². The summed E-state index contributed by atoms with van der Waals surface area (Å²) in [6.45, 7) is 1.05. The minimum absolute atomic E-state index is 0.395. The molecular formula is C11H16N5O4P. The number of imidazole rings is 1. The number of fused-ring (bicyclic) bond motifs is 1. The minimum Gasteiger partial charge on any atom is -0.394 e. The van der Waals surface area contributed by atoms with Gasteiger partial charge in [-0.25, -0.2) is 15.0 Å². The van der Waals surface area contributed by atoms with Crippen LogP contribution in [0.3, 0.4) is 0 Å². The molecule has 0 radical (unpaired) electrons. The molecule has 5 atom stereocenters. The summed E-state index contributed by atoms with van der Waals surface area (Å²) in [6, 6.07) is 0. The predicted octanol–water partition coefficient (Wildman–Crippen LogP) is -0.970. The van der Waals surface area contributed by atoms with Crippen LogP contribution in [0, 0.1) is 0 Å². The van der Waals surface area contributed by atoms with Gasteiger partial charge < -0.3 is 25.1 Å². The van der Waals surface area contributed by atoms with Crippen molar-refractivity contribution in [2.24, 2.45) is 0 Å². The molecule has 114 valence electrons. The summed E-state index contributed by atoms with van der Waals surface area (Å²) in [5.41, 5.74) is -0.625. The van der Waals surface area contributed by atoms with Crippen molar-refractivity contribution in [1.29, 1.82) is 0 Å². The van der Waals surface area contributed by atoms with Gasteiger partial charge in [0.1, 0.15) is 24.1 Å². The third kappa shape index (κ3) is 2.09. The Morgan fingerprint density at radius 3 is 2.86 bits per heavy atom. The third-order valence-corrected chi connectivity index (χ3v) is 3.96. The van der Waals surface area contributed by atoms with Crippen molar-refractivity contribution in [3.8, 4) is 0 Å². The molecule has 0 bridgehead atoms. The lowest BCUT2D eigenvalue weighted by Crippen LogP contribution is -2.44. The molecule has 9 nitrogen and oxygen atoms in total. The SMILES string of the molecule is C[C@@]1(O)[C@H](O)[C@@H](CO)O[C@H]1n1cnc2c(NP)ncnc21. The monoisotopic (exact) mass is 313 g/mol. The largest absolute Gasteiger partial charge is 0.394 e. The first-order valence-electron chi connectivity index (χ1n) is 6.31. The maximum absolute atomic E-state index is 10.5. The first-order valence-corrected chi connectivity index (χ1v) is 6.89. The molecule has 10 heteroatoms. The van der Waals surface area contributed by atoms with Crippen LogP contribution in [0.2, 0.25) is 0 Å². The molecule has 3 heterocycles. The smallest absolute Gasteiger partial charge is 0.168 e. The van der Waals surface area contributed by atoms with Gasteiger partial charge in [-0.2, -0.15) is 0 Å². The molecule has 21 heavy (non-hydrogen) atoms. The molecule has 0 saturated carbocycles. The van der Waals surface area contributed by atoms with E-state index in [1.807, 2.05) is 0 Å². The van der Waals surface area contributed by atoms with Crippen molar-refractivity contribution >= 4 is 26.4 Å². The Labute approximate surface area is 122 Å². The number of nitrogens with one attached hydrogen (secondary N) is 1. The lowest BCUT2D eigenvalue weighted by Gasteiger charge is -2.27. The van der Waals surface area contributed by atoms with E-state index in [0.29, 0.717) is 17.0 Å². The van der Waals surface area contributed by atoms with Crippen molar-refractivity contribution < 1.29 is 20.1 Å². The number of hydrogen-bond donors (Lipinski definition) is 4. The van der Waals surface area contributed by atoms with Gasteiger partial charge in [0.15, 0.2) is 23.2 Å². The summed E-state index contributed by atoms with van der Waals surface area (Å²) in [7, 11) is 2.32. The van der Waals surface area contributed by atoms with Crippen LogP contribution < -0.4 is 5.09 Å². The molecule has 0 aromatic carbocycles. The highest BCUT2D eigenvalue weighted by Gasteiger charge is 2.53. The van der Waals surface area contributed by atoms with Gasteiger partial charge >= 0.3 is 0 Å². The summed E-state index contributed by atoms with van der Waals surface area (Å²) in [5.74, 6) is 0.514. The molecule has 1 unspecified atom stereocenters. The topological polar surface area (TPSA) is 126 Å². The second kappa shape index (κ2) is 5.11. The Hall–Kier alpha value is -1.38. The fourth-order valence-corrected chi connectivity index (χ4v) is 2.73. The Kier molecular flexibility index (Phi) is 3.54. The Morgan fingerprint density at radius 2 is 2.24 bits per heavy atom. The molecule has 1 aliphatic rings. The predicted molar refractivity (Wildman–Crippen MR) is 76.3 cm³/mol. The number of aliphatic hydroxyl groups excluding tert-OH is 2. The van der Waals surface area contributed by atoms with Gasteiger partial charge in [-0.05, 0) is 16.3 Å². The van der Waals surface area contributed by atoms with Crippen LogP contribution in [0.5, 0.6) is 0 Å². The van der Waals surface area contributed by atoms with E-state index in [-0.39, 0.29) is 0 Å². The molecule has 1 saturated heterocycles. The molecule has 2 aromatic heterocycles. The number of hydrogen-bond acceptors (Lipinski definition) is 8. The summed E-state index contributed by atoms with van der Waals surface area (Å²) < 4.78 is 7.07.